The molecule has 0 heterocycles. The number of nitrogens with one attached hydrogen (secondary N) is 2. The van der Waals surface area contributed by atoms with Gasteiger partial charge in [0.15, 0.2) is 5.96 Å². The molecular weight excluding hydrogens is 207 g/mol. The minimum atomic E-state index is -4.12. The molecular formula is C9H18F3N3. The lowest BCUT2D eigenvalue weighted by Crippen LogP contribution is -2.40. The zero-order chi connectivity index (χ0) is 11.9. The van der Waals surface area contributed by atoms with Gasteiger partial charge in [0.2, 0.25) is 0 Å². The third-order valence-corrected chi connectivity index (χ3v) is 1.60. The summed E-state index contributed by atoms with van der Waals surface area (Å²) in [5.41, 5.74) is 0. The molecule has 3 nitrogen and oxygen atoms in total. The van der Waals surface area contributed by atoms with E-state index < -0.39 is 12.6 Å². The van der Waals surface area contributed by atoms with Gasteiger partial charge in [0.25, 0.3) is 0 Å². The molecule has 0 radical (unpaired) electrons. The van der Waals surface area contributed by atoms with E-state index in [1.807, 2.05) is 13.8 Å². The van der Waals surface area contributed by atoms with Crippen molar-refractivity contribution >= 4 is 5.96 Å². The Morgan fingerprint density at radius 3 is 2.27 bits per heavy atom. The first-order valence-electron chi connectivity index (χ1n) is 4.86. The molecule has 0 rings (SSSR count). The molecule has 0 aliphatic heterocycles. The van der Waals surface area contributed by atoms with Crippen LogP contribution in [0.3, 0.4) is 0 Å². The quantitative estimate of drug-likeness (QED) is 0.565. The summed E-state index contributed by atoms with van der Waals surface area (Å²) in [4.78, 5) is 3.81. The maximum absolute atomic E-state index is 11.8. The van der Waals surface area contributed by atoms with Gasteiger partial charge >= 0.3 is 6.18 Å². The Morgan fingerprint density at radius 2 is 1.87 bits per heavy atom. The number of guanidine groups is 1. The fraction of sp³-hybridized carbons (Fsp3) is 0.889. The van der Waals surface area contributed by atoms with Gasteiger partial charge in [-0.1, -0.05) is 13.8 Å². The van der Waals surface area contributed by atoms with Gasteiger partial charge < -0.3 is 10.6 Å². The van der Waals surface area contributed by atoms with Crippen LogP contribution in [-0.2, 0) is 0 Å². The van der Waals surface area contributed by atoms with Crippen molar-refractivity contribution in [3.05, 3.63) is 0 Å². The van der Waals surface area contributed by atoms with E-state index in [0.29, 0.717) is 18.4 Å². The normalized spacial score (nSPS) is 13.1. The molecule has 0 aromatic carbocycles. The van der Waals surface area contributed by atoms with Crippen LogP contribution in [0.2, 0.25) is 0 Å². The van der Waals surface area contributed by atoms with Crippen molar-refractivity contribution in [3.63, 3.8) is 0 Å². The number of hydrogen-bond donors (Lipinski definition) is 2. The van der Waals surface area contributed by atoms with Gasteiger partial charge in [-0.2, -0.15) is 13.2 Å². The fourth-order valence-corrected chi connectivity index (χ4v) is 0.844. The van der Waals surface area contributed by atoms with E-state index in [-0.39, 0.29) is 6.54 Å². The van der Waals surface area contributed by atoms with Gasteiger partial charge in [0.1, 0.15) is 0 Å². The lowest BCUT2D eigenvalue weighted by molar-refractivity contribution is -0.132. The average Bonchev–Trinajstić information content (AvgIpc) is 2.08. The van der Waals surface area contributed by atoms with E-state index in [0.717, 1.165) is 0 Å². The van der Waals surface area contributed by atoms with Crippen LogP contribution in [0.25, 0.3) is 0 Å². The smallest absolute Gasteiger partial charge is 0.356 e. The van der Waals surface area contributed by atoms with E-state index in [2.05, 4.69) is 15.6 Å². The predicted molar refractivity (Wildman–Crippen MR) is 54.9 cm³/mol. The van der Waals surface area contributed by atoms with Crippen LogP contribution in [0.5, 0.6) is 0 Å². The summed E-state index contributed by atoms with van der Waals surface area (Å²) in [6.45, 7) is 4.55. The molecule has 0 unspecified atom stereocenters. The highest BCUT2D eigenvalue weighted by Gasteiger charge is 2.26. The summed E-state index contributed by atoms with van der Waals surface area (Å²) in [6.07, 6.45) is -4.97. The van der Waals surface area contributed by atoms with Crippen molar-refractivity contribution < 1.29 is 13.2 Å². The van der Waals surface area contributed by atoms with Crippen LogP contribution >= 0.6 is 0 Å². The van der Waals surface area contributed by atoms with E-state index in [4.69, 9.17) is 0 Å². The van der Waals surface area contributed by atoms with Crippen LogP contribution in [0.1, 0.15) is 20.3 Å². The molecule has 0 saturated carbocycles. The van der Waals surface area contributed by atoms with E-state index >= 15 is 0 Å². The Labute approximate surface area is 88.2 Å². The van der Waals surface area contributed by atoms with E-state index in [1.165, 1.54) is 7.05 Å². The second-order valence-electron chi connectivity index (χ2n) is 3.64. The van der Waals surface area contributed by atoms with E-state index in [1.54, 1.807) is 0 Å². The monoisotopic (exact) mass is 225 g/mol. The van der Waals surface area contributed by atoms with Crippen molar-refractivity contribution in [1.82, 2.24) is 10.6 Å². The summed E-state index contributed by atoms with van der Waals surface area (Å²) in [5.74, 6) is 0.833. The van der Waals surface area contributed by atoms with Gasteiger partial charge in [0, 0.05) is 20.1 Å². The second-order valence-corrected chi connectivity index (χ2v) is 3.64. The molecule has 2 N–H and O–H groups in total. The highest BCUT2D eigenvalue weighted by Crippen LogP contribution is 2.17. The summed E-state index contributed by atoms with van der Waals surface area (Å²) >= 11 is 0. The molecule has 0 atom stereocenters. The molecule has 0 fully saturated rings. The first-order valence-corrected chi connectivity index (χ1v) is 4.86. The third kappa shape index (κ3) is 9.37. The molecule has 0 saturated heterocycles. The van der Waals surface area contributed by atoms with Gasteiger partial charge in [-0.25, -0.2) is 0 Å². The Balaban J connectivity index is 3.73. The molecule has 0 aliphatic carbocycles. The highest BCUT2D eigenvalue weighted by molar-refractivity contribution is 5.79. The van der Waals surface area contributed by atoms with Crippen molar-refractivity contribution in [2.24, 2.45) is 10.9 Å². The molecule has 6 heteroatoms. The molecule has 0 aromatic heterocycles. The van der Waals surface area contributed by atoms with Crippen LogP contribution in [-0.4, -0.2) is 32.3 Å². The lowest BCUT2D eigenvalue weighted by Gasteiger charge is -2.14. The maximum atomic E-state index is 11.8. The Kier molecular flexibility index (Phi) is 6.12. The maximum Gasteiger partial charge on any atom is 0.390 e. The minimum absolute atomic E-state index is 0.152. The number of nitrogens with zero attached hydrogens (tertiary/aromatic N) is 1. The molecule has 0 bridgehead atoms. The van der Waals surface area contributed by atoms with Gasteiger partial charge in [-0.15, -0.1) is 0 Å². The number of rotatable bonds is 4. The van der Waals surface area contributed by atoms with Gasteiger partial charge in [0.05, 0.1) is 6.42 Å². The summed E-state index contributed by atoms with van der Waals surface area (Å²) < 4.78 is 35.5. The van der Waals surface area contributed by atoms with Crippen molar-refractivity contribution in [3.8, 4) is 0 Å². The highest BCUT2D eigenvalue weighted by atomic mass is 19.4. The van der Waals surface area contributed by atoms with Crippen LogP contribution < -0.4 is 10.6 Å². The number of halogens is 3. The molecule has 0 aromatic rings. The predicted octanol–water partition coefficient (Wildman–Crippen LogP) is 1.76. The second kappa shape index (κ2) is 6.53. The standard InChI is InChI=1S/C9H18F3N3/c1-7(2)6-15-8(13-3)14-5-4-9(10,11)12/h7H,4-6H2,1-3H3,(H2,13,14,15). The topological polar surface area (TPSA) is 36.4 Å². The van der Waals surface area contributed by atoms with Crippen molar-refractivity contribution in [2.45, 2.75) is 26.4 Å². The third-order valence-electron chi connectivity index (χ3n) is 1.60. The first-order chi connectivity index (χ1) is 6.85. The van der Waals surface area contributed by atoms with E-state index in [9.17, 15) is 13.2 Å². The summed E-state index contributed by atoms with van der Waals surface area (Å²) in [5, 5.41) is 5.53. The Morgan fingerprint density at radius 1 is 1.27 bits per heavy atom. The molecule has 15 heavy (non-hydrogen) atoms. The fourth-order valence-electron chi connectivity index (χ4n) is 0.844. The molecule has 90 valence electrons. The number of aliphatic imine (C=N–C) groups is 1. The average molecular weight is 225 g/mol. The van der Waals surface area contributed by atoms with Gasteiger partial charge in [-0.05, 0) is 5.92 Å². The zero-order valence-electron chi connectivity index (χ0n) is 9.28. The van der Waals surface area contributed by atoms with Crippen LogP contribution in [0, 0.1) is 5.92 Å². The summed E-state index contributed by atoms with van der Waals surface area (Å²) in [6, 6.07) is 0. The molecule has 0 aliphatic rings. The zero-order valence-corrected chi connectivity index (χ0v) is 9.28. The minimum Gasteiger partial charge on any atom is -0.356 e. The van der Waals surface area contributed by atoms with Crippen LogP contribution in [0.15, 0.2) is 4.99 Å². The number of alkyl halides is 3. The number of hydrogen-bond acceptors (Lipinski definition) is 1. The molecule has 0 amide bonds. The Hall–Kier alpha value is -0.940. The largest absolute Gasteiger partial charge is 0.390 e. The summed E-state index contributed by atoms with van der Waals surface area (Å²) in [7, 11) is 1.53. The van der Waals surface area contributed by atoms with Crippen molar-refractivity contribution in [2.75, 3.05) is 20.1 Å². The lowest BCUT2D eigenvalue weighted by atomic mass is 10.2. The van der Waals surface area contributed by atoms with Crippen molar-refractivity contribution in [1.29, 1.82) is 0 Å². The van der Waals surface area contributed by atoms with Gasteiger partial charge in [-0.3, -0.25) is 4.99 Å². The SMILES string of the molecule is CN=C(NCCC(F)(F)F)NCC(C)C. The first kappa shape index (κ1) is 14.1. The Bertz CT molecular complexity index is 199. The van der Waals surface area contributed by atoms with Crippen LogP contribution in [0.4, 0.5) is 13.2 Å². The molecule has 0 spiro atoms.